The highest BCUT2D eigenvalue weighted by Crippen LogP contribution is 2.51. The van der Waals surface area contributed by atoms with Gasteiger partial charge in [0.05, 0.1) is 17.9 Å². The van der Waals surface area contributed by atoms with E-state index in [1.165, 1.54) is 11.1 Å². The number of piperidine rings is 1. The molecule has 1 aromatic rings. The van der Waals surface area contributed by atoms with E-state index in [9.17, 15) is 4.79 Å². The van der Waals surface area contributed by atoms with Crippen LogP contribution < -0.4 is 10.6 Å². The number of fused-ring (bicyclic) bond motifs is 2. The Bertz CT molecular complexity index is 543. The third-order valence-electron chi connectivity index (χ3n) is 5.02. The lowest BCUT2D eigenvalue weighted by atomic mass is 9.72. The number of benzene rings is 1. The molecule has 1 amide bonds. The van der Waals surface area contributed by atoms with Gasteiger partial charge in [0.15, 0.2) is 0 Å². The number of hydrogen-bond donors (Lipinski definition) is 2. The molecule has 0 bridgehead atoms. The molecule has 1 spiro atoms. The van der Waals surface area contributed by atoms with E-state index >= 15 is 0 Å². The first-order chi connectivity index (χ1) is 10.7. The minimum absolute atomic E-state index is 0.0119. The van der Waals surface area contributed by atoms with Crippen LogP contribution in [0.25, 0.3) is 0 Å². The van der Waals surface area contributed by atoms with Crippen molar-refractivity contribution in [1.82, 2.24) is 10.6 Å². The first-order valence-corrected chi connectivity index (χ1v) is 9.23. The van der Waals surface area contributed by atoms with Gasteiger partial charge in [-0.05, 0) is 43.3 Å². The van der Waals surface area contributed by atoms with E-state index in [0.717, 1.165) is 25.9 Å². The normalized spacial score (nSPS) is 25.9. The van der Waals surface area contributed by atoms with Gasteiger partial charge in [-0.3, -0.25) is 4.79 Å². The number of carbonyl (C=O) groups excluding carboxylic acids is 1. The Morgan fingerprint density at radius 3 is 2.82 bits per heavy atom. The van der Waals surface area contributed by atoms with E-state index in [0.29, 0.717) is 5.75 Å². The van der Waals surface area contributed by atoms with E-state index < -0.39 is 0 Å². The van der Waals surface area contributed by atoms with Gasteiger partial charge >= 0.3 is 0 Å². The lowest BCUT2D eigenvalue weighted by molar-refractivity contribution is -0.120. The Kier molecular flexibility index (Phi) is 4.76. The molecule has 1 heterocycles. The molecule has 1 aliphatic carbocycles. The summed E-state index contributed by atoms with van der Waals surface area (Å²) in [5.41, 5.74) is 2.61. The summed E-state index contributed by atoms with van der Waals surface area (Å²) in [5, 5.41) is 6.64. The SMILES string of the molecule is CO[C@@H]1[C@@H](NC(=O)CSC)c2ccccc2C12CCNCC2. The number of methoxy groups -OCH3 is 1. The van der Waals surface area contributed by atoms with Crippen molar-refractivity contribution in [2.24, 2.45) is 0 Å². The average Bonchev–Trinajstić information content (AvgIpc) is 2.78. The maximum Gasteiger partial charge on any atom is 0.230 e. The lowest BCUT2D eigenvalue weighted by Crippen LogP contribution is -2.49. The molecule has 0 aromatic heterocycles. The smallest absolute Gasteiger partial charge is 0.230 e. The van der Waals surface area contributed by atoms with Gasteiger partial charge in [0.2, 0.25) is 5.91 Å². The van der Waals surface area contributed by atoms with Gasteiger partial charge in [-0.1, -0.05) is 24.3 Å². The summed E-state index contributed by atoms with van der Waals surface area (Å²) in [5.74, 6) is 0.573. The van der Waals surface area contributed by atoms with Crippen LogP contribution in [0, 0.1) is 0 Å². The number of nitrogens with one attached hydrogen (secondary N) is 2. The molecule has 120 valence electrons. The fraction of sp³-hybridized carbons (Fsp3) is 0.588. The van der Waals surface area contributed by atoms with Crippen LogP contribution in [0.3, 0.4) is 0 Å². The summed E-state index contributed by atoms with van der Waals surface area (Å²) < 4.78 is 5.93. The standard InChI is InChI=1S/C17H24N2O2S/c1-21-16-15(19-14(20)11-22-2)12-5-3-4-6-13(12)17(16)7-9-18-10-8-17/h3-6,15-16,18H,7-11H2,1-2H3,(H,19,20)/t15-,16+/m0/s1. The van der Waals surface area contributed by atoms with Gasteiger partial charge in [0.25, 0.3) is 0 Å². The molecule has 22 heavy (non-hydrogen) atoms. The zero-order chi connectivity index (χ0) is 15.6. The highest BCUT2D eigenvalue weighted by molar-refractivity contribution is 7.99. The molecule has 5 heteroatoms. The van der Waals surface area contributed by atoms with Crippen LogP contribution in [0.2, 0.25) is 0 Å². The van der Waals surface area contributed by atoms with Crippen molar-refractivity contribution in [2.45, 2.75) is 30.4 Å². The minimum Gasteiger partial charge on any atom is -0.378 e. The Labute approximate surface area is 136 Å². The fourth-order valence-electron chi connectivity index (χ4n) is 4.15. The van der Waals surface area contributed by atoms with Crippen LogP contribution in [-0.2, 0) is 14.9 Å². The van der Waals surface area contributed by atoms with Gasteiger partial charge < -0.3 is 15.4 Å². The van der Waals surface area contributed by atoms with Crippen molar-refractivity contribution in [2.75, 3.05) is 32.2 Å². The molecular formula is C17H24N2O2S. The molecule has 3 rings (SSSR count). The van der Waals surface area contributed by atoms with Crippen molar-refractivity contribution < 1.29 is 9.53 Å². The number of hydrogen-bond acceptors (Lipinski definition) is 4. The van der Waals surface area contributed by atoms with E-state index in [1.54, 1.807) is 18.9 Å². The third-order valence-corrected chi connectivity index (χ3v) is 5.57. The van der Waals surface area contributed by atoms with Crippen LogP contribution in [0.4, 0.5) is 0 Å². The Hall–Kier alpha value is -1.04. The molecule has 0 saturated carbocycles. The number of thioether (sulfide) groups is 1. The van der Waals surface area contributed by atoms with Gasteiger partial charge in [-0.15, -0.1) is 0 Å². The van der Waals surface area contributed by atoms with Gasteiger partial charge in [-0.2, -0.15) is 11.8 Å². The molecule has 0 radical (unpaired) electrons. The Morgan fingerprint density at radius 2 is 2.14 bits per heavy atom. The predicted octanol–water partition coefficient (Wildman–Crippen LogP) is 1.86. The van der Waals surface area contributed by atoms with E-state index in [2.05, 4.69) is 34.9 Å². The summed E-state index contributed by atoms with van der Waals surface area (Å²) in [6.07, 6.45) is 4.07. The van der Waals surface area contributed by atoms with Gasteiger partial charge in [0, 0.05) is 12.5 Å². The first-order valence-electron chi connectivity index (χ1n) is 7.84. The first kappa shape index (κ1) is 15.8. The van der Waals surface area contributed by atoms with Crippen molar-refractivity contribution in [3.63, 3.8) is 0 Å². The Balaban J connectivity index is 1.98. The zero-order valence-electron chi connectivity index (χ0n) is 13.2. The molecule has 2 aliphatic rings. The van der Waals surface area contributed by atoms with E-state index in [1.807, 2.05) is 6.26 Å². The number of amides is 1. The van der Waals surface area contributed by atoms with Crippen LogP contribution in [-0.4, -0.2) is 44.2 Å². The van der Waals surface area contributed by atoms with Crippen LogP contribution >= 0.6 is 11.8 Å². The maximum atomic E-state index is 12.1. The summed E-state index contributed by atoms with van der Waals surface area (Å²) in [4.78, 5) is 12.1. The number of ether oxygens (including phenoxy) is 1. The molecular weight excluding hydrogens is 296 g/mol. The maximum absolute atomic E-state index is 12.1. The summed E-state index contributed by atoms with van der Waals surface area (Å²) in [6.45, 7) is 2.00. The molecule has 2 N–H and O–H groups in total. The number of rotatable bonds is 4. The molecule has 1 aliphatic heterocycles. The van der Waals surface area contributed by atoms with E-state index in [-0.39, 0.29) is 23.5 Å². The predicted molar refractivity (Wildman–Crippen MR) is 90.3 cm³/mol. The van der Waals surface area contributed by atoms with Crippen molar-refractivity contribution in [3.05, 3.63) is 35.4 Å². The molecule has 1 fully saturated rings. The molecule has 0 unspecified atom stereocenters. The van der Waals surface area contributed by atoms with Crippen molar-refractivity contribution >= 4 is 17.7 Å². The highest BCUT2D eigenvalue weighted by Gasteiger charge is 2.53. The largest absolute Gasteiger partial charge is 0.378 e. The lowest BCUT2D eigenvalue weighted by Gasteiger charge is -2.40. The van der Waals surface area contributed by atoms with Crippen molar-refractivity contribution in [3.8, 4) is 0 Å². The highest BCUT2D eigenvalue weighted by atomic mass is 32.2. The van der Waals surface area contributed by atoms with Gasteiger partial charge in [0.1, 0.15) is 0 Å². The summed E-state index contributed by atoms with van der Waals surface area (Å²) in [7, 11) is 1.77. The summed E-state index contributed by atoms with van der Waals surface area (Å²) >= 11 is 1.55. The van der Waals surface area contributed by atoms with Crippen LogP contribution in [0.15, 0.2) is 24.3 Å². The topological polar surface area (TPSA) is 50.4 Å². The molecule has 1 aromatic carbocycles. The van der Waals surface area contributed by atoms with E-state index in [4.69, 9.17) is 4.74 Å². The second kappa shape index (κ2) is 6.60. The Morgan fingerprint density at radius 1 is 1.41 bits per heavy atom. The molecule has 1 saturated heterocycles. The average molecular weight is 320 g/mol. The van der Waals surface area contributed by atoms with Gasteiger partial charge in [-0.25, -0.2) is 0 Å². The quantitative estimate of drug-likeness (QED) is 0.889. The second-order valence-corrected chi connectivity index (χ2v) is 6.99. The molecule has 4 nitrogen and oxygen atoms in total. The minimum atomic E-state index is -0.0426. The monoisotopic (exact) mass is 320 g/mol. The second-order valence-electron chi connectivity index (χ2n) is 6.13. The third kappa shape index (κ3) is 2.55. The fourth-order valence-corrected chi connectivity index (χ4v) is 4.49. The van der Waals surface area contributed by atoms with Crippen LogP contribution in [0.5, 0.6) is 0 Å². The summed E-state index contributed by atoms with van der Waals surface area (Å²) in [6, 6.07) is 8.47. The molecule has 2 atom stereocenters. The number of carbonyl (C=O) groups is 1. The van der Waals surface area contributed by atoms with Crippen molar-refractivity contribution in [1.29, 1.82) is 0 Å². The van der Waals surface area contributed by atoms with Crippen LogP contribution in [0.1, 0.15) is 30.0 Å². The zero-order valence-corrected chi connectivity index (χ0v) is 14.0.